The summed E-state index contributed by atoms with van der Waals surface area (Å²) in [6, 6.07) is 6.80. The fourth-order valence-corrected chi connectivity index (χ4v) is 1.30. The van der Waals surface area contributed by atoms with Crippen LogP contribution in [0.2, 0.25) is 0 Å². The molecule has 14 heavy (non-hydrogen) atoms. The fraction of sp³-hybridized carbons (Fsp3) is 0. The van der Waals surface area contributed by atoms with Crippen molar-refractivity contribution in [1.29, 1.82) is 0 Å². The monoisotopic (exact) mass is 214 g/mol. The first-order valence-electron chi connectivity index (χ1n) is 3.83. The number of imidazole rings is 1. The summed E-state index contributed by atoms with van der Waals surface area (Å²) in [6.07, 6.45) is 1.18. The third-order valence-electron chi connectivity index (χ3n) is 1.82. The van der Waals surface area contributed by atoms with Gasteiger partial charge in [-0.3, -0.25) is 4.57 Å². The number of rotatable bonds is 1. The van der Waals surface area contributed by atoms with E-state index in [1.165, 1.54) is 6.33 Å². The molecule has 0 aliphatic heterocycles. The van der Waals surface area contributed by atoms with Gasteiger partial charge >= 0.3 is 0 Å². The maximum absolute atomic E-state index is 13.1. The molecule has 0 atom stereocenters. The number of hydrogen-bond donors (Lipinski definition) is 0. The molecule has 5 heteroatoms. The summed E-state index contributed by atoms with van der Waals surface area (Å²) < 4.78 is 26.5. The zero-order chi connectivity index (χ0) is 10.1. The smallest absolute Gasteiger partial charge is 0.247 e. The van der Waals surface area contributed by atoms with E-state index in [1.807, 2.05) is 0 Å². The molecule has 0 unspecified atom stereocenters. The molecule has 1 aromatic heterocycles. The first-order chi connectivity index (χ1) is 6.70. The Labute approximate surface area is 83.4 Å². The minimum absolute atomic E-state index is 0.473. The van der Waals surface area contributed by atoms with Gasteiger partial charge in [0.2, 0.25) is 11.2 Å². The van der Waals surface area contributed by atoms with Crippen LogP contribution in [0.1, 0.15) is 0 Å². The van der Waals surface area contributed by atoms with Crippen molar-refractivity contribution in [2.75, 3.05) is 0 Å². The maximum atomic E-state index is 13.1. The first kappa shape index (κ1) is 9.15. The molecular formula is C9H5ClF2N2. The lowest BCUT2D eigenvalue weighted by Crippen LogP contribution is -1.90. The highest BCUT2D eigenvalue weighted by molar-refractivity contribution is 6.30. The number of benzene rings is 1. The van der Waals surface area contributed by atoms with Gasteiger partial charge in [-0.2, -0.15) is 8.78 Å². The van der Waals surface area contributed by atoms with Crippen molar-refractivity contribution in [2.45, 2.75) is 0 Å². The third kappa shape index (κ3) is 1.37. The minimum Gasteiger partial charge on any atom is -0.271 e. The van der Waals surface area contributed by atoms with Crippen LogP contribution >= 0.6 is 11.6 Å². The number of nitrogens with zero attached hydrogens (tertiary/aromatic N) is 2. The summed E-state index contributed by atoms with van der Waals surface area (Å²) in [5.41, 5.74) is 1.06. The molecule has 0 aliphatic carbocycles. The Balaban J connectivity index is 2.71. The van der Waals surface area contributed by atoms with Crippen molar-refractivity contribution in [3.05, 3.63) is 35.9 Å². The van der Waals surface area contributed by atoms with Gasteiger partial charge in [0.1, 0.15) is 6.33 Å². The molecule has 0 spiro atoms. The van der Waals surface area contributed by atoms with Gasteiger partial charge in [-0.15, -0.1) is 0 Å². The van der Waals surface area contributed by atoms with Crippen molar-refractivity contribution >= 4 is 28.6 Å². The Morgan fingerprint density at radius 2 is 2.00 bits per heavy atom. The molecule has 0 saturated carbocycles. The topological polar surface area (TPSA) is 17.8 Å². The van der Waals surface area contributed by atoms with Crippen LogP contribution < -0.4 is 0 Å². The standard InChI is InChI=1S/C9H5ClF2N2/c10-8(11)9(12)14-5-13-6-3-1-2-4-7(6)14/h1-5H. The summed E-state index contributed by atoms with van der Waals surface area (Å²) in [5, 5.41) is -1.38. The quantitative estimate of drug-likeness (QED) is 0.712. The molecule has 0 amide bonds. The van der Waals surface area contributed by atoms with Crippen LogP contribution in [0.3, 0.4) is 0 Å². The van der Waals surface area contributed by atoms with Gasteiger partial charge in [0.15, 0.2) is 0 Å². The second-order valence-electron chi connectivity index (χ2n) is 2.65. The zero-order valence-corrected chi connectivity index (χ0v) is 7.67. The number of para-hydroxylation sites is 2. The predicted octanol–water partition coefficient (Wildman–Crippen LogP) is 3.30. The second kappa shape index (κ2) is 3.38. The largest absolute Gasteiger partial charge is 0.271 e. The van der Waals surface area contributed by atoms with E-state index in [0.717, 1.165) is 4.57 Å². The Kier molecular flexibility index (Phi) is 2.21. The molecule has 1 aromatic carbocycles. The highest BCUT2D eigenvalue weighted by Gasteiger charge is 2.09. The van der Waals surface area contributed by atoms with E-state index in [0.29, 0.717) is 11.0 Å². The Bertz CT molecular complexity index is 500. The minimum atomic E-state index is -1.38. The van der Waals surface area contributed by atoms with Crippen LogP contribution in [0.4, 0.5) is 8.78 Å². The SMILES string of the molecule is FC(Cl)=C(F)n1cnc2ccccc21. The van der Waals surface area contributed by atoms with E-state index >= 15 is 0 Å². The summed E-state index contributed by atoms with van der Waals surface area (Å²) in [5.74, 6) is -1.15. The van der Waals surface area contributed by atoms with Crippen LogP contribution in [0.25, 0.3) is 17.0 Å². The fourth-order valence-electron chi connectivity index (χ4n) is 1.21. The highest BCUT2D eigenvalue weighted by atomic mass is 35.5. The van der Waals surface area contributed by atoms with Gasteiger partial charge < -0.3 is 0 Å². The lowest BCUT2D eigenvalue weighted by atomic mass is 10.3. The second-order valence-corrected chi connectivity index (χ2v) is 2.99. The number of aromatic nitrogens is 2. The van der Waals surface area contributed by atoms with Crippen LogP contribution in [0, 0.1) is 0 Å². The molecule has 0 fully saturated rings. The lowest BCUT2D eigenvalue weighted by molar-refractivity contribution is 0.617. The third-order valence-corrected chi connectivity index (χ3v) is 1.98. The molecule has 1 heterocycles. The summed E-state index contributed by atoms with van der Waals surface area (Å²) >= 11 is 4.91. The van der Waals surface area contributed by atoms with E-state index in [4.69, 9.17) is 11.6 Å². The van der Waals surface area contributed by atoms with E-state index in [9.17, 15) is 8.78 Å². The average Bonchev–Trinajstić information content (AvgIpc) is 2.60. The summed E-state index contributed by atoms with van der Waals surface area (Å²) in [4.78, 5) is 3.89. The van der Waals surface area contributed by atoms with Crippen molar-refractivity contribution in [3.63, 3.8) is 0 Å². The number of hydrogen-bond acceptors (Lipinski definition) is 1. The van der Waals surface area contributed by atoms with Crippen molar-refractivity contribution in [1.82, 2.24) is 9.55 Å². The molecule has 0 saturated heterocycles. The molecule has 0 radical (unpaired) electrons. The molecule has 2 rings (SSSR count). The van der Waals surface area contributed by atoms with Crippen LogP contribution in [-0.2, 0) is 0 Å². The lowest BCUT2D eigenvalue weighted by Gasteiger charge is -1.98. The Hall–Kier alpha value is -1.42. The summed E-state index contributed by atoms with van der Waals surface area (Å²) in [6.45, 7) is 0. The van der Waals surface area contributed by atoms with Crippen molar-refractivity contribution < 1.29 is 8.78 Å². The van der Waals surface area contributed by atoms with E-state index in [1.54, 1.807) is 24.3 Å². The molecular weight excluding hydrogens is 210 g/mol. The zero-order valence-electron chi connectivity index (χ0n) is 6.92. The van der Waals surface area contributed by atoms with Crippen LogP contribution in [0.15, 0.2) is 35.9 Å². The van der Waals surface area contributed by atoms with Gasteiger partial charge in [-0.05, 0) is 23.7 Å². The van der Waals surface area contributed by atoms with E-state index in [2.05, 4.69) is 4.98 Å². The number of halogens is 3. The van der Waals surface area contributed by atoms with Gasteiger partial charge in [-0.25, -0.2) is 4.98 Å². The summed E-state index contributed by atoms with van der Waals surface area (Å²) in [7, 11) is 0. The molecule has 2 nitrogen and oxygen atoms in total. The van der Waals surface area contributed by atoms with E-state index < -0.39 is 11.2 Å². The van der Waals surface area contributed by atoms with Crippen LogP contribution in [-0.4, -0.2) is 9.55 Å². The van der Waals surface area contributed by atoms with Gasteiger partial charge in [-0.1, -0.05) is 12.1 Å². The van der Waals surface area contributed by atoms with Crippen LogP contribution in [0.5, 0.6) is 0 Å². The molecule has 72 valence electrons. The Morgan fingerprint density at radius 1 is 1.29 bits per heavy atom. The molecule has 2 aromatic rings. The Morgan fingerprint density at radius 3 is 2.71 bits per heavy atom. The van der Waals surface area contributed by atoms with Gasteiger partial charge in [0.05, 0.1) is 11.0 Å². The normalized spacial score (nSPS) is 13.1. The molecule has 0 aliphatic rings. The van der Waals surface area contributed by atoms with Gasteiger partial charge in [0, 0.05) is 0 Å². The highest BCUT2D eigenvalue weighted by Crippen LogP contribution is 2.22. The first-order valence-corrected chi connectivity index (χ1v) is 4.21. The van der Waals surface area contributed by atoms with E-state index in [-0.39, 0.29) is 0 Å². The predicted molar refractivity (Wildman–Crippen MR) is 51.0 cm³/mol. The average molecular weight is 215 g/mol. The van der Waals surface area contributed by atoms with Crippen molar-refractivity contribution in [3.8, 4) is 0 Å². The molecule has 0 bridgehead atoms. The number of fused-ring (bicyclic) bond motifs is 1. The van der Waals surface area contributed by atoms with Gasteiger partial charge in [0.25, 0.3) is 0 Å². The van der Waals surface area contributed by atoms with Crippen molar-refractivity contribution in [2.24, 2.45) is 0 Å². The molecule has 0 N–H and O–H groups in total. The maximum Gasteiger partial charge on any atom is 0.247 e.